The van der Waals surface area contributed by atoms with Gasteiger partial charge in [-0.3, -0.25) is 0 Å². The molecule has 4 aromatic rings. The molecule has 0 heterocycles. The predicted molar refractivity (Wildman–Crippen MR) is 403 cm³/mol. The zero-order valence-corrected chi connectivity index (χ0v) is 63.4. The summed E-state index contributed by atoms with van der Waals surface area (Å²) < 4.78 is 167. The van der Waals surface area contributed by atoms with Crippen molar-refractivity contribution in [1.29, 1.82) is 0 Å². The average molecular weight is 1430 g/mol. The van der Waals surface area contributed by atoms with E-state index in [0.29, 0.717) is 48.5 Å². The average Bonchev–Trinajstić information content (AvgIpc) is 0.729. The fourth-order valence-corrected chi connectivity index (χ4v) is 26.1. The highest BCUT2D eigenvalue weighted by Crippen LogP contribution is 2.56. The van der Waals surface area contributed by atoms with Crippen molar-refractivity contribution in [1.82, 2.24) is 4.17 Å². The molecular weight excluding hydrogens is 1300 g/mol. The van der Waals surface area contributed by atoms with Crippen LogP contribution in [0.3, 0.4) is 0 Å². The summed E-state index contributed by atoms with van der Waals surface area (Å²) in [4.78, 5) is 0. The first-order valence-corrected chi connectivity index (χ1v) is 43.8. The van der Waals surface area contributed by atoms with Gasteiger partial charge >= 0.3 is 24.7 Å². The Morgan fingerprint density at radius 3 is 0.480 bits per heavy atom. The van der Waals surface area contributed by atoms with Crippen LogP contribution in [0.25, 0.3) is 0 Å². The van der Waals surface area contributed by atoms with Crippen LogP contribution in [0.15, 0.2) is 97.1 Å². The molecule has 1 nitrogen and oxygen atoms in total. The first kappa shape index (κ1) is 88.9. The summed E-state index contributed by atoms with van der Waals surface area (Å²) in [6.07, 6.45) is 48.2. The van der Waals surface area contributed by atoms with Gasteiger partial charge in [0.25, 0.3) is 0 Å². The molecule has 0 spiro atoms. The number of rotatable bonds is 52. The number of nitrogens with zero attached hydrogens (tertiary/aromatic N) is 1. The van der Waals surface area contributed by atoms with Gasteiger partial charge in [-0.2, -0.15) is 78.7 Å². The second kappa shape index (κ2) is 49.4. The highest BCUT2D eigenvalue weighted by molar-refractivity contribution is 7.73. The predicted octanol–water partition coefficient (Wildman–Crippen LogP) is 28.1. The largest absolute Gasteiger partial charge is 0.416 e. The van der Waals surface area contributed by atoms with E-state index in [2.05, 4.69) is 41.5 Å². The number of benzene rings is 4. The summed E-state index contributed by atoms with van der Waals surface area (Å²) in [5, 5.41) is 0. The molecule has 0 unspecified atom stereocenters. The Morgan fingerprint density at radius 2 is 0.347 bits per heavy atom. The Morgan fingerprint density at radius 1 is 0.214 bits per heavy atom. The van der Waals surface area contributed by atoms with Gasteiger partial charge in [0.05, 0.1) is 22.3 Å². The molecule has 0 radical (unpaired) electrons. The Hall–Kier alpha value is -3.33. The number of halogens is 12. The molecule has 0 fully saturated rings. The van der Waals surface area contributed by atoms with Crippen LogP contribution >= 0.6 is 14.1 Å². The maximum atomic E-state index is 13.3. The highest BCUT2D eigenvalue weighted by atomic mass is 31.2. The molecular formula is C82H130BF12NP2. The van der Waals surface area contributed by atoms with Gasteiger partial charge in [0.2, 0.25) is 14.1 Å². The van der Waals surface area contributed by atoms with Crippen LogP contribution < -0.4 is 26.0 Å². The summed E-state index contributed by atoms with van der Waals surface area (Å²) in [5.41, 5.74) is -4.29. The molecule has 98 heavy (non-hydrogen) atoms. The van der Waals surface area contributed by atoms with Crippen molar-refractivity contribution in [2.75, 3.05) is 37.0 Å². The summed E-state index contributed by atoms with van der Waals surface area (Å²) in [7, 11) is -2.68. The summed E-state index contributed by atoms with van der Waals surface area (Å²) >= 11 is 0. The Kier molecular flexibility index (Phi) is 44.8. The van der Waals surface area contributed by atoms with Crippen molar-refractivity contribution in [3.8, 4) is 0 Å². The number of hydrogen-bond donors (Lipinski definition) is 0. The van der Waals surface area contributed by atoms with Gasteiger partial charge in [0, 0.05) is 37.0 Å². The summed E-state index contributed by atoms with van der Waals surface area (Å²) in [6, 6.07) is 13.6. The van der Waals surface area contributed by atoms with Crippen molar-refractivity contribution >= 4 is 42.1 Å². The molecule has 4 rings (SSSR count). The van der Waals surface area contributed by atoms with Crippen LogP contribution in [0.4, 0.5) is 52.7 Å². The van der Waals surface area contributed by atoms with Crippen molar-refractivity contribution in [2.24, 2.45) is 0 Å². The SMILES string of the molecule is CCCCCCCCCP(CCCCCCCCC)(CCCCCCCCC)=[N+]=P(CCCCCCCCC)(CCCCCCCCC)CCCCCCCCC.FC(F)(F)c1ccc([B-](c2ccc(C(F)(F)F)cc2)(c2ccc(C(F)(F)F)cc2)c2ccc(C(F)(F)F)cc2)cc1. The van der Waals surface area contributed by atoms with Crippen molar-refractivity contribution in [3.63, 3.8) is 0 Å². The molecule has 0 bridgehead atoms. The Bertz CT molecular complexity index is 2340. The first-order valence-electron chi connectivity index (χ1n) is 39.2. The lowest BCUT2D eigenvalue weighted by atomic mass is 9.13. The van der Waals surface area contributed by atoms with Crippen LogP contribution in [0.1, 0.15) is 333 Å². The smallest absolute Gasteiger partial charge is 0.195 e. The van der Waals surface area contributed by atoms with Gasteiger partial charge in [0.15, 0.2) is 0 Å². The Balaban J connectivity index is 0.000000534. The minimum atomic E-state index is -4.77. The molecule has 0 atom stereocenters. The third-order valence-corrected chi connectivity index (χ3v) is 30.3. The molecule has 0 aromatic heterocycles. The molecule has 0 aliphatic carbocycles. The zero-order chi connectivity index (χ0) is 72.1. The highest BCUT2D eigenvalue weighted by Gasteiger charge is 2.39. The Labute approximate surface area is 588 Å². The normalized spacial score (nSPS) is 12.7. The second-order valence-electron chi connectivity index (χ2n) is 28.7. The van der Waals surface area contributed by atoms with E-state index in [0.717, 1.165) is 48.5 Å². The van der Waals surface area contributed by atoms with E-state index >= 15 is 0 Å². The van der Waals surface area contributed by atoms with E-state index in [1.165, 1.54) is 307 Å². The quantitative estimate of drug-likeness (QED) is 0.0138. The van der Waals surface area contributed by atoms with Gasteiger partial charge in [-0.15, -0.1) is 0 Å². The van der Waals surface area contributed by atoms with Gasteiger partial charge in [-0.1, -0.05) is 370 Å². The lowest BCUT2D eigenvalue weighted by Crippen LogP contribution is -2.74. The van der Waals surface area contributed by atoms with E-state index in [4.69, 9.17) is 4.17 Å². The third-order valence-electron chi connectivity index (χ3n) is 20.4. The van der Waals surface area contributed by atoms with E-state index in [9.17, 15) is 52.7 Å². The van der Waals surface area contributed by atoms with Gasteiger partial charge in [-0.25, -0.2) is 0 Å². The fourth-order valence-electron chi connectivity index (χ4n) is 14.5. The number of alkyl halides is 12. The molecule has 0 aliphatic rings. The van der Waals surface area contributed by atoms with Gasteiger partial charge < -0.3 is 0 Å². The van der Waals surface area contributed by atoms with Gasteiger partial charge in [-0.05, 0) is 38.5 Å². The molecule has 4 aromatic carbocycles. The standard InChI is InChI=1S/C54H114NP2.C28H16BF12/c1-7-13-19-25-31-37-43-49-56(50-44-38-32-26-20-14-8-2,51-45-39-33-27-21-15-9-3)55-57(52-46-40-34-28-22-16-10-4,53-47-41-35-29-23-17-11-5)54-48-42-36-30-24-18-12-6;30-25(31,32)17-1-9-21(10-2-17)29(22-11-3-18(4-12-22)26(33,34)35,23-13-5-19(6-14-23)27(36,37)38)24-15-7-20(8-16-24)28(39,40)41/h7-54H2,1-6H3;1-16H/q+1;-1. The topological polar surface area (TPSA) is 14.1 Å². The molecule has 0 saturated heterocycles. The van der Waals surface area contributed by atoms with E-state index in [-0.39, 0.29) is 21.9 Å². The second-order valence-corrected chi connectivity index (χ2v) is 36.5. The van der Waals surface area contributed by atoms with Crippen LogP contribution in [-0.4, -0.2) is 43.1 Å². The maximum absolute atomic E-state index is 13.3. The van der Waals surface area contributed by atoms with Crippen molar-refractivity contribution in [3.05, 3.63) is 119 Å². The molecule has 560 valence electrons. The zero-order valence-electron chi connectivity index (χ0n) is 61.6. The van der Waals surface area contributed by atoms with Crippen molar-refractivity contribution in [2.45, 2.75) is 336 Å². The van der Waals surface area contributed by atoms with Crippen molar-refractivity contribution < 1.29 is 52.7 Å². The van der Waals surface area contributed by atoms with Crippen LogP contribution in [0.5, 0.6) is 0 Å². The van der Waals surface area contributed by atoms with Gasteiger partial charge in [0.1, 0.15) is 6.15 Å². The lowest BCUT2D eigenvalue weighted by molar-refractivity contribution is -0.138. The van der Waals surface area contributed by atoms with Crippen LogP contribution in [-0.2, 0) is 24.7 Å². The number of unbranched alkanes of at least 4 members (excludes halogenated alkanes) is 36. The van der Waals surface area contributed by atoms with E-state index < -0.39 is 67.2 Å². The minimum absolute atomic E-state index is 0.0114. The van der Waals surface area contributed by atoms with E-state index in [1.54, 1.807) is 0 Å². The molecule has 16 heteroatoms. The summed E-state index contributed by atoms with van der Waals surface area (Å²) in [5.74, 6) is 0. The monoisotopic (exact) mass is 1430 g/mol. The third kappa shape index (κ3) is 34.3. The lowest BCUT2D eigenvalue weighted by Gasteiger charge is -2.44. The first-order chi connectivity index (χ1) is 46.9. The minimum Gasteiger partial charge on any atom is -0.195 e. The number of hydrogen-bond acceptors (Lipinski definition) is 0. The molecule has 0 amide bonds. The molecule has 0 aliphatic heterocycles. The van der Waals surface area contributed by atoms with Crippen LogP contribution in [0, 0.1) is 0 Å². The van der Waals surface area contributed by atoms with E-state index in [1.807, 2.05) is 0 Å². The summed E-state index contributed by atoms with van der Waals surface area (Å²) in [6.45, 7) is 14.2. The molecule has 0 saturated carbocycles. The molecule has 0 N–H and O–H groups in total. The fraction of sp³-hybridized carbons (Fsp3) is 0.707. The maximum Gasteiger partial charge on any atom is 0.416 e. The van der Waals surface area contributed by atoms with Crippen LogP contribution in [0.2, 0.25) is 0 Å².